The quantitative estimate of drug-likeness (QED) is 0.550. The van der Waals surface area contributed by atoms with Crippen molar-refractivity contribution < 1.29 is 4.74 Å². The molecule has 0 saturated heterocycles. The maximum Gasteiger partial charge on any atom is 0.155 e. The van der Waals surface area contributed by atoms with Gasteiger partial charge in [-0.05, 0) is 54.9 Å². The molecule has 126 valence electrons. The molecule has 1 heterocycles. The van der Waals surface area contributed by atoms with Gasteiger partial charge in [-0.3, -0.25) is 0 Å². The number of aromatic nitrogens is 1. The van der Waals surface area contributed by atoms with E-state index in [-0.39, 0.29) is 0 Å². The molecule has 0 bridgehead atoms. The van der Waals surface area contributed by atoms with Crippen LogP contribution in [0.3, 0.4) is 0 Å². The third-order valence-electron chi connectivity index (χ3n) is 3.68. The number of rotatable bonds is 5. The lowest BCUT2D eigenvalue weighted by atomic mass is 10.0. The van der Waals surface area contributed by atoms with E-state index in [9.17, 15) is 0 Å². The highest BCUT2D eigenvalue weighted by Gasteiger charge is 2.08. The summed E-state index contributed by atoms with van der Waals surface area (Å²) in [5.74, 6) is 1.68. The molecule has 0 saturated carbocycles. The van der Waals surface area contributed by atoms with Crippen LogP contribution in [0.2, 0.25) is 0 Å². The summed E-state index contributed by atoms with van der Waals surface area (Å²) in [5.41, 5.74) is 13.0. The van der Waals surface area contributed by atoms with Crippen molar-refractivity contribution in [2.75, 3.05) is 6.61 Å². The lowest BCUT2D eigenvalue weighted by Crippen LogP contribution is -2.07. The fourth-order valence-electron chi connectivity index (χ4n) is 2.61. The molecule has 1 aromatic heterocycles. The minimum Gasteiger partial charge on any atom is -0.494 e. The average Bonchev–Trinajstić information content (AvgIpc) is 2.62. The predicted molar refractivity (Wildman–Crippen MR) is 103 cm³/mol. The first-order valence-electron chi connectivity index (χ1n) is 8.06. The summed E-state index contributed by atoms with van der Waals surface area (Å²) in [6.45, 7) is 2.60. The first-order chi connectivity index (χ1) is 12.2. The van der Waals surface area contributed by atoms with Crippen molar-refractivity contribution in [3.63, 3.8) is 0 Å². The molecule has 0 atom stereocenters. The van der Waals surface area contributed by atoms with Crippen molar-refractivity contribution in [3.8, 4) is 17.0 Å². The number of fused-ring (bicyclic) bond motifs is 1. The van der Waals surface area contributed by atoms with Crippen molar-refractivity contribution in [2.24, 2.45) is 16.5 Å². The zero-order chi connectivity index (χ0) is 17.6. The van der Waals surface area contributed by atoms with Gasteiger partial charge in [0.05, 0.1) is 12.3 Å². The Morgan fingerprint density at radius 1 is 1.16 bits per heavy atom. The number of hydrogen-bond acceptors (Lipinski definition) is 4. The van der Waals surface area contributed by atoms with Crippen molar-refractivity contribution in [1.82, 2.24) is 4.98 Å². The third-order valence-corrected chi connectivity index (χ3v) is 3.68. The van der Waals surface area contributed by atoms with Crippen LogP contribution < -0.4 is 16.2 Å². The van der Waals surface area contributed by atoms with Crippen LogP contribution in [0.1, 0.15) is 6.92 Å². The van der Waals surface area contributed by atoms with Gasteiger partial charge in [0.15, 0.2) is 5.82 Å². The summed E-state index contributed by atoms with van der Waals surface area (Å²) in [6.07, 6.45) is 2.89. The number of aliphatic imine (C=N–C) groups is 1. The molecule has 3 aromatic rings. The molecule has 0 amide bonds. The highest BCUT2D eigenvalue weighted by Crippen LogP contribution is 2.31. The highest BCUT2D eigenvalue weighted by molar-refractivity contribution is 5.98. The number of hydrogen-bond donors (Lipinski definition) is 2. The van der Waals surface area contributed by atoms with E-state index in [0.29, 0.717) is 18.3 Å². The van der Waals surface area contributed by atoms with E-state index in [2.05, 4.69) is 9.98 Å². The Hall–Kier alpha value is -3.34. The van der Waals surface area contributed by atoms with E-state index in [1.165, 1.54) is 12.3 Å². The average molecular weight is 332 g/mol. The lowest BCUT2D eigenvalue weighted by molar-refractivity contribution is 0.340. The Balaban J connectivity index is 2.13. The minimum absolute atomic E-state index is 0.308. The van der Waals surface area contributed by atoms with E-state index in [1.807, 2.05) is 61.5 Å². The fraction of sp³-hybridized carbons (Fsp3) is 0.100. The van der Waals surface area contributed by atoms with Gasteiger partial charge in [0.2, 0.25) is 0 Å². The van der Waals surface area contributed by atoms with Gasteiger partial charge in [0.1, 0.15) is 11.6 Å². The molecule has 0 aliphatic heterocycles. The van der Waals surface area contributed by atoms with Gasteiger partial charge in [0, 0.05) is 10.9 Å². The molecule has 3 rings (SSSR count). The summed E-state index contributed by atoms with van der Waals surface area (Å²) in [7, 11) is 0. The monoisotopic (exact) mass is 332 g/mol. The van der Waals surface area contributed by atoms with Crippen molar-refractivity contribution >= 4 is 22.4 Å². The molecule has 0 radical (unpaired) electrons. The second-order valence-corrected chi connectivity index (χ2v) is 5.40. The number of ether oxygens (including phenoxy) is 1. The number of benzene rings is 2. The van der Waals surface area contributed by atoms with E-state index < -0.39 is 0 Å². The van der Waals surface area contributed by atoms with Crippen LogP contribution in [0.15, 0.2) is 71.9 Å². The second-order valence-electron chi connectivity index (χ2n) is 5.40. The zero-order valence-corrected chi connectivity index (χ0v) is 14.0. The molecule has 0 fully saturated rings. The Kier molecular flexibility index (Phi) is 4.95. The van der Waals surface area contributed by atoms with Crippen LogP contribution in [0.5, 0.6) is 5.75 Å². The van der Waals surface area contributed by atoms with Crippen molar-refractivity contribution in [2.45, 2.75) is 6.92 Å². The van der Waals surface area contributed by atoms with Gasteiger partial charge < -0.3 is 16.2 Å². The second kappa shape index (κ2) is 7.49. The molecule has 4 N–H and O–H groups in total. The SMILES string of the molecule is CCOc1ccc(-c2nc(/N=C(N)\C=C/N)cc3ccccc23)cc1. The van der Waals surface area contributed by atoms with Crippen LogP contribution in [-0.2, 0) is 0 Å². The predicted octanol–water partition coefficient (Wildman–Crippen LogP) is 3.76. The molecule has 0 spiro atoms. The third kappa shape index (κ3) is 3.77. The van der Waals surface area contributed by atoms with E-state index in [4.69, 9.17) is 16.2 Å². The van der Waals surface area contributed by atoms with E-state index >= 15 is 0 Å². The molecule has 2 aromatic carbocycles. The molecule has 0 unspecified atom stereocenters. The smallest absolute Gasteiger partial charge is 0.155 e. The highest BCUT2D eigenvalue weighted by atomic mass is 16.5. The fourth-order valence-corrected chi connectivity index (χ4v) is 2.61. The van der Waals surface area contributed by atoms with Crippen LogP contribution in [0.4, 0.5) is 5.82 Å². The first kappa shape index (κ1) is 16.5. The number of nitrogens with zero attached hydrogens (tertiary/aromatic N) is 2. The zero-order valence-electron chi connectivity index (χ0n) is 14.0. The van der Waals surface area contributed by atoms with Crippen LogP contribution in [-0.4, -0.2) is 17.4 Å². The van der Waals surface area contributed by atoms with Gasteiger partial charge >= 0.3 is 0 Å². The lowest BCUT2D eigenvalue weighted by Gasteiger charge is -2.09. The molecule has 0 aliphatic carbocycles. The minimum atomic E-state index is 0.308. The molecule has 25 heavy (non-hydrogen) atoms. The summed E-state index contributed by atoms with van der Waals surface area (Å²) in [5, 5.41) is 2.10. The van der Waals surface area contributed by atoms with E-state index in [1.54, 1.807) is 0 Å². The molecule has 5 heteroatoms. The van der Waals surface area contributed by atoms with Crippen molar-refractivity contribution in [1.29, 1.82) is 0 Å². The van der Waals surface area contributed by atoms with E-state index in [0.717, 1.165) is 27.8 Å². The number of pyridine rings is 1. The van der Waals surface area contributed by atoms with Gasteiger partial charge in [0.25, 0.3) is 0 Å². The Morgan fingerprint density at radius 2 is 1.92 bits per heavy atom. The Morgan fingerprint density at radius 3 is 2.64 bits per heavy atom. The molecule has 5 nitrogen and oxygen atoms in total. The molecular formula is C20H20N4O. The van der Waals surface area contributed by atoms with Crippen LogP contribution in [0.25, 0.3) is 22.0 Å². The molecule has 0 aliphatic rings. The summed E-state index contributed by atoms with van der Waals surface area (Å²) < 4.78 is 5.51. The maximum absolute atomic E-state index is 5.83. The number of amidine groups is 1. The summed E-state index contributed by atoms with van der Waals surface area (Å²) in [6, 6.07) is 17.8. The maximum atomic E-state index is 5.83. The largest absolute Gasteiger partial charge is 0.494 e. The Labute approximate surface area is 146 Å². The van der Waals surface area contributed by atoms with Gasteiger partial charge in [-0.2, -0.15) is 0 Å². The first-order valence-corrected chi connectivity index (χ1v) is 8.06. The molecular weight excluding hydrogens is 312 g/mol. The standard InChI is InChI=1S/C20H20N4O/c1-2-25-16-9-7-14(8-10-16)20-17-6-4-3-5-15(17)13-19(24-20)23-18(22)11-12-21/h3-13H,2,21H2,1H3,(H2,22,23,24)/b12-11-. The topological polar surface area (TPSA) is 86.5 Å². The normalized spacial score (nSPS) is 12.0. The van der Waals surface area contributed by atoms with Crippen LogP contribution >= 0.6 is 0 Å². The van der Waals surface area contributed by atoms with Gasteiger partial charge in [-0.15, -0.1) is 0 Å². The summed E-state index contributed by atoms with van der Waals surface area (Å²) in [4.78, 5) is 9.01. The summed E-state index contributed by atoms with van der Waals surface area (Å²) >= 11 is 0. The van der Waals surface area contributed by atoms with Crippen LogP contribution in [0, 0.1) is 0 Å². The van der Waals surface area contributed by atoms with Gasteiger partial charge in [-0.25, -0.2) is 9.98 Å². The van der Waals surface area contributed by atoms with Crippen molar-refractivity contribution in [3.05, 3.63) is 66.9 Å². The number of nitrogens with two attached hydrogens (primary N) is 2. The Bertz CT molecular complexity index is 930. The van der Waals surface area contributed by atoms with Gasteiger partial charge in [-0.1, -0.05) is 24.3 Å².